The normalized spacial score (nSPS) is 49.5. The molecule has 0 saturated carbocycles. The van der Waals surface area contributed by atoms with E-state index in [1.807, 2.05) is 13.8 Å². The highest BCUT2D eigenvalue weighted by Gasteiger charge is 2.59. The minimum Gasteiger partial charge on any atom is -0.348 e. The Morgan fingerprint density at radius 2 is 1.56 bits per heavy atom. The molecular weight excluding hydrogens is 243 g/mol. The molecule has 6 heteroatoms. The lowest BCUT2D eigenvalue weighted by Gasteiger charge is -2.25. The van der Waals surface area contributed by atoms with Crippen LogP contribution in [0.1, 0.15) is 27.7 Å². The first-order valence-corrected chi connectivity index (χ1v) is 6.24. The van der Waals surface area contributed by atoms with E-state index in [1.165, 1.54) is 0 Å². The van der Waals surface area contributed by atoms with Crippen LogP contribution in [0, 0.1) is 0 Å². The quantitative estimate of drug-likeness (QED) is 0.714. The predicted octanol–water partition coefficient (Wildman–Crippen LogP) is 1.35. The summed E-state index contributed by atoms with van der Waals surface area (Å²) in [6, 6.07) is 0. The molecule has 3 saturated heterocycles. The van der Waals surface area contributed by atoms with Crippen LogP contribution in [0.4, 0.5) is 4.39 Å². The van der Waals surface area contributed by atoms with Gasteiger partial charge in [0.25, 0.3) is 0 Å². The monoisotopic (exact) mass is 262 g/mol. The lowest BCUT2D eigenvalue weighted by Crippen LogP contribution is -2.40. The van der Waals surface area contributed by atoms with Crippen LogP contribution in [0.15, 0.2) is 0 Å². The Morgan fingerprint density at radius 1 is 0.889 bits per heavy atom. The maximum Gasteiger partial charge on any atom is 0.228 e. The summed E-state index contributed by atoms with van der Waals surface area (Å²) in [6.07, 6.45) is -3.43. The molecule has 5 nitrogen and oxygen atoms in total. The van der Waals surface area contributed by atoms with Crippen molar-refractivity contribution in [1.82, 2.24) is 0 Å². The van der Waals surface area contributed by atoms with Crippen molar-refractivity contribution < 1.29 is 28.1 Å². The first-order chi connectivity index (χ1) is 8.27. The van der Waals surface area contributed by atoms with Crippen molar-refractivity contribution >= 4 is 0 Å². The lowest BCUT2D eigenvalue weighted by atomic mass is 10.1. The van der Waals surface area contributed by atoms with Crippen LogP contribution >= 0.6 is 0 Å². The second-order valence-corrected chi connectivity index (χ2v) is 5.88. The van der Waals surface area contributed by atoms with Gasteiger partial charge in [0.2, 0.25) is 6.36 Å². The summed E-state index contributed by atoms with van der Waals surface area (Å²) < 4.78 is 41.5. The van der Waals surface area contributed by atoms with Crippen molar-refractivity contribution in [3.63, 3.8) is 0 Å². The lowest BCUT2D eigenvalue weighted by molar-refractivity contribution is -0.221. The highest BCUT2D eigenvalue weighted by Crippen LogP contribution is 2.42. The summed E-state index contributed by atoms with van der Waals surface area (Å²) >= 11 is 0. The largest absolute Gasteiger partial charge is 0.348 e. The molecule has 104 valence electrons. The predicted molar refractivity (Wildman–Crippen MR) is 58.5 cm³/mol. The molecule has 0 amide bonds. The van der Waals surface area contributed by atoms with E-state index in [-0.39, 0.29) is 6.10 Å². The van der Waals surface area contributed by atoms with Gasteiger partial charge in [-0.2, -0.15) is 0 Å². The highest BCUT2D eigenvalue weighted by atomic mass is 19.1. The van der Waals surface area contributed by atoms with Gasteiger partial charge in [-0.15, -0.1) is 0 Å². The molecule has 3 fully saturated rings. The summed E-state index contributed by atoms with van der Waals surface area (Å²) in [5.41, 5.74) is 0. The first-order valence-electron chi connectivity index (χ1n) is 6.24. The number of alkyl halides is 1. The Morgan fingerprint density at radius 3 is 2.17 bits per heavy atom. The van der Waals surface area contributed by atoms with Gasteiger partial charge < -0.3 is 23.7 Å². The average Bonchev–Trinajstić information content (AvgIpc) is 2.81. The van der Waals surface area contributed by atoms with Crippen LogP contribution in [0.2, 0.25) is 0 Å². The number of ether oxygens (including phenoxy) is 5. The molecule has 0 radical (unpaired) electrons. The summed E-state index contributed by atoms with van der Waals surface area (Å²) in [4.78, 5) is 0. The molecule has 0 bridgehead atoms. The third kappa shape index (κ3) is 2.06. The van der Waals surface area contributed by atoms with Gasteiger partial charge in [-0.25, -0.2) is 4.39 Å². The molecule has 0 N–H and O–H groups in total. The van der Waals surface area contributed by atoms with E-state index in [2.05, 4.69) is 0 Å². The van der Waals surface area contributed by atoms with Crippen molar-refractivity contribution in [2.24, 2.45) is 0 Å². The SMILES string of the molecule is CC1(C)OCC([C@H]2O[C@H](F)C3OC(C)(C)OC32)O1. The van der Waals surface area contributed by atoms with E-state index in [4.69, 9.17) is 23.7 Å². The fraction of sp³-hybridized carbons (Fsp3) is 1.00. The van der Waals surface area contributed by atoms with Crippen LogP contribution in [0.5, 0.6) is 0 Å². The second-order valence-electron chi connectivity index (χ2n) is 5.88. The van der Waals surface area contributed by atoms with Gasteiger partial charge in [0, 0.05) is 0 Å². The van der Waals surface area contributed by atoms with Crippen molar-refractivity contribution in [3.05, 3.63) is 0 Å². The fourth-order valence-corrected chi connectivity index (χ4v) is 2.76. The van der Waals surface area contributed by atoms with Crippen LogP contribution < -0.4 is 0 Å². The minimum absolute atomic E-state index is 0.328. The molecule has 3 aliphatic heterocycles. The van der Waals surface area contributed by atoms with Gasteiger partial charge >= 0.3 is 0 Å². The Kier molecular flexibility index (Phi) is 2.74. The number of hydrogen-bond donors (Lipinski definition) is 0. The number of halogens is 1. The fourth-order valence-electron chi connectivity index (χ4n) is 2.76. The molecule has 0 spiro atoms. The molecule has 3 aliphatic rings. The van der Waals surface area contributed by atoms with Crippen molar-refractivity contribution in [1.29, 1.82) is 0 Å². The Bertz CT molecular complexity index is 345. The first kappa shape index (κ1) is 12.7. The Hall–Kier alpha value is -0.270. The van der Waals surface area contributed by atoms with Gasteiger partial charge in [0.05, 0.1) is 6.61 Å². The van der Waals surface area contributed by atoms with Gasteiger partial charge in [-0.05, 0) is 27.7 Å². The Labute approximate surface area is 105 Å². The maximum absolute atomic E-state index is 13.8. The van der Waals surface area contributed by atoms with Crippen LogP contribution in [-0.4, -0.2) is 49.0 Å². The van der Waals surface area contributed by atoms with E-state index in [0.717, 1.165) is 0 Å². The standard InChI is InChI=1S/C12H19FO5/c1-11(2)14-5-6(16-11)7-8-9(10(13)15-7)18-12(3,4)17-8/h6-10H,5H2,1-4H3/t6?,7-,8?,9?,10+/m1/s1. The number of hydrogen-bond acceptors (Lipinski definition) is 5. The van der Waals surface area contributed by atoms with Gasteiger partial charge in [0.1, 0.15) is 24.4 Å². The molecule has 3 heterocycles. The zero-order valence-corrected chi connectivity index (χ0v) is 11.0. The second kappa shape index (κ2) is 3.86. The Balaban J connectivity index is 1.75. The van der Waals surface area contributed by atoms with E-state index in [1.54, 1.807) is 13.8 Å². The molecule has 0 aromatic heterocycles. The zero-order chi connectivity index (χ0) is 13.1. The summed E-state index contributed by atoms with van der Waals surface area (Å²) in [5.74, 6) is -1.44. The van der Waals surface area contributed by atoms with E-state index in [0.29, 0.717) is 6.61 Å². The molecule has 0 aliphatic carbocycles. The molecule has 0 aromatic rings. The van der Waals surface area contributed by atoms with E-state index < -0.39 is 36.2 Å². The minimum atomic E-state index is -1.48. The van der Waals surface area contributed by atoms with Crippen LogP contribution in [0.3, 0.4) is 0 Å². The van der Waals surface area contributed by atoms with Gasteiger partial charge in [0.15, 0.2) is 11.6 Å². The van der Waals surface area contributed by atoms with Gasteiger partial charge in [-0.1, -0.05) is 0 Å². The van der Waals surface area contributed by atoms with E-state index >= 15 is 0 Å². The molecular formula is C12H19FO5. The van der Waals surface area contributed by atoms with Crippen molar-refractivity contribution in [2.75, 3.05) is 6.61 Å². The maximum atomic E-state index is 13.8. The summed E-state index contributed by atoms with van der Waals surface area (Å²) in [5, 5.41) is 0. The molecule has 3 rings (SSSR count). The third-order valence-electron chi connectivity index (χ3n) is 3.43. The number of fused-ring (bicyclic) bond motifs is 1. The zero-order valence-electron chi connectivity index (χ0n) is 11.0. The number of rotatable bonds is 1. The van der Waals surface area contributed by atoms with Crippen molar-refractivity contribution in [3.8, 4) is 0 Å². The van der Waals surface area contributed by atoms with Crippen LogP contribution in [-0.2, 0) is 23.7 Å². The molecule has 0 aromatic carbocycles. The third-order valence-corrected chi connectivity index (χ3v) is 3.43. The van der Waals surface area contributed by atoms with Crippen molar-refractivity contribution in [2.45, 2.75) is 70.0 Å². The molecule has 5 atom stereocenters. The highest BCUT2D eigenvalue weighted by molar-refractivity contribution is 4.99. The topological polar surface area (TPSA) is 46.2 Å². The molecule has 18 heavy (non-hydrogen) atoms. The average molecular weight is 262 g/mol. The molecule has 3 unspecified atom stereocenters. The summed E-state index contributed by atoms with van der Waals surface area (Å²) in [6.45, 7) is 7.55. The van der Waals surface area contributed by atoms with Gasteiger partial charge in [-0.3, -0.25) is 0 Å². The smallest absolute Gasteiger partial charge is 0.228 e. The van der Waals surface area contributed by atoms with Crippen LogP contribution in [0.25, 0.3) is 0 Å². The van der Waals surface area contributed by atoms with E-state index in [9.17, 15) is 4.39 Å². The summed E-state index contributed by atoms with van der Waals surface area (Å²) in [7, 11) is 0.